The van der Waals surface area contributed by atoms with E-state index in [0.717, 1.165) is 98.2 Å². The number of allylic oxidation sites excluding steroid dienone is 4. The monoisotopic (exact) mass is 644 g/mol. The Hall–Kier alpha value is -4.75. The van der Waals surface area contributed by atoms with Crippen molar-refractivity contribution in [3.63, 3.8) is 0 Å². The van der Waals surface area contributed by atoms with Crippen LogP contribution >= 0.6 is 0 Å². The molecule has 0 atom stereocenters. The minimum atomic E-state index is -0.226. The van der Waals surface area contributed by atoms with E-state index in [2.05, 4.69) is 71.0 Å². The second-order valence-electron chi connectivity index (χ2n) is 13.2. The van der Waals surface area contributed by atoms with Gasteiger partial charge in [-0.3, -0.25) is 10.1 Å². The quantitative estimate of drug-likeness (QED) is 0.121. The molecule has 1 aliphatic heterocycles. The number of benzene rings is 1. The number of aromatic amines is 2. The number of nitrogens with zero attached hydrogens (tertiary/aromatic N) is 3. The number of likely N-dealkylation sites (tertiary alicyclic amines) is 1. The number of pyridine rings is 1. The first kappa shape index (κ1) is 34.6. The second-order valence-corrected chi connectivity index (χ2v) is 13.2. The summed E-state index contributed by atoms with van der Waals surface area (Å²) in [4.78, 5) is 10.5. The lowest BCUT2D eigenvalue weighted by molar-refractivity contribution is 0.334. The number of H-pyrrole nitrogens is 2. The van der Waals surface area contributed by atoms with Gasteiger partial charge in [0, 0.05) is 33.9 Å². The van der Waals surface area contributed by atoms with Crippen molar-refractivity contribution >= 4 is 29.0 Å². The Morgan fingerprint density at radius 3 is 2.60 bits per heavy atom. The Morgan fingerprint density at radius 2 is 1.88 bits per heavy atom. The van der Waals surface area contributed by atoms with Gasteiger partial charge in [-0.25, -0.2) is 4.39 Å². The Labute approximate surface area is 284 Å². The normalized spacial score (nSPS) is 14.7. The maximum Gasteiger partial charge on any atom is 0.124 e. The van der Waals surface area contributed by atoms with Crippen LogP contribution in [0.2, 0.25) is 0 Å². The van der Waals surface area contributed by atoms with Crippen LogP contribution in [-0.4, -0.2) is 44.7 Å². The third-order valence-electron chi connectivity index (χ3n) is 8.78. The van der Waals surface area contributed by atoms with Crippen molar-refractivity contribution in [3.05, 3.63) is 125 Å². The van der Waals surface area contributed by atoms with Crippen LogP contribution in [0.5, 0.6) is 0 Å². The molecule has 1 aromatic carbocycles. The van der Waals surface area contributed by atoms with Gasteiger partial charge < -0.3 is 15.2 Å². The van der Waals surface area contributed by atoms with E-state index in [1.54, 1.807) is 24.4 Å². The van der Waals surface area contributed by atoms with Gasteiger partial charge in [-0.15, -0.1) is 0 Å². The topological polar surface area (TPSA) is 72.6 Å². The fraction of sp³-hybridized carbons (Fsp3) is 0.317. The van der Waals surface area contributed by atoms with Gasteiger partial charge >= 0.3 is 0 Å². The van der Waals surface area contributed by atoms with Gasteiger partial charge in [0.2, 0.25) is 0 Å². The first-order valence-corrected chi connectivity index (χ1v) is 17.0. The third kappa shape index (κ3) is 8.58. The highest BCUT2D eigenvalue weighted by Crippen LogP contribution is 2.31. The summed E-state index contributed by atoms with van der Waals surface area (Å²) in [6.07, 6.45) is 16.7. The summed E-state index contributed by atoms with van der Waals surface area (Å²) in [6, 6.07) is 9.52. The molecule has 1 saturated heterocycles. The van der Waals surface area contributed by atoms with Crippen molar-refractivity contribution < 1.29 is 4.39 Å². The van der Waals surface area contributed by atoms with E-state index in [0.29, 0.717) is 5.92 Å². The third-order valence-corrected chi connectivity index (χ3v) is 8.78. The van der Waals surface area contributed by atoms with Crippen molar-refractivity contribution in [3.8, 4) is 11.4 Å². The summed E-state index contributed by atoms with van der Waals surface area (Å²) < 4.78 is 15.0. The molecule has 4 heterocycles. The van der Waals surface area contributed by atoms with Crippen LogP contribution in [0.25, 0.3) is 34.7 Å². The zero-order valence-corrected chi connectivity index (χ0v) is 28.9. The molecule has 6 nitrogen and oxygen atoms in total. The number of rotatable bonds is 14. The molecule has 1 aliphatic rings. The van der Waals surface area contributed by atoms with Crippen LogP contribution < -0.4 is 15.9 Å². The highest BCUT2D eigenvalue weighted by atomic mass is 19.1. The molecule has 0 saturated carbocycles. The lowest BCUT2D eigenvalue weighted by atomic mass is 9.94. The molecule has 7 heteroatoms. The predicted molar refractivity (Wildman–Crippen MR) is 200 cm³/mol. The molecule has 3 aromatic heterocycles. The van der Waals surface area contributed by atoms with Crippen LogP contribution in [0.4, 0.5) is 10.1 Å². The van der Waals surface area contributed by atoms with Crippen molar-refractivity contribution in [1.82, 2.24) is 25.1 Å². The van der Waals surface area contributed by atoms with Crippen LogP contribution in [0, 0.1) is 18.7 Å². The van der Waals surface area contributed by atoms with E-state index < -0.39 is 0 Å². The number of hydrogen-bond acceptors (Lipinski definition) is 4. The van der Waals surface area contributed by atoms with Crippen molar-refractivity contribution in [2.45, 2.75) is 59.8 Å². The van der Waals surface area contributed by atoms with Crippen LogP contribution in [-0.2, 0) is 6.42 Å². The van der Waals surface area contributed by atoms with Gasteiger partial charge in [0.1, 0.15) is 11.5 Å². The molecule has 0 aliphatic carbocycles. The smallest absolute Gasteiger partial charge is 0.124 e. The summed E-state index contributed by atoms with van der Waals surface area (Å²) in [5.74, 6) is 0.282. The average Bonchev–Trinajstić information content (AvgIpc) is 3.80. The maximum absolute atomic E-state index is 15.0. The molecule has 0 spiro atoms. The maximum atomic E-state index is 15.0. The molecular weight excluding hydrogens is 595 g/mol. The number of nitrogens with one attached hydrogen (secondary N) is 3. The first-order valence-electron chi connectivity index (χ1n) is 17.0. The van der Waals surface area contributed by atoms with Gasteiger partial charge in [0.05, 0.1) is 22.9 Å². The fourth-order valence-corrected chi connectivity index (χ4v) is 6.51. The van der Waals surface area contributed by atoms with Crippen LogP contribution in [0.3, 0.4) is 0 Å². The molecule has 0 bridgehead atoms. The number of halogens is 1. The summed E-state index contributed by atoms with van der Waals surface area (Å²) in [7, 11) is 0. The molecule has 250 valence electrons. The Kier molecular flexibility index (Phi) is 11.5. The number of aryl methyl sites for hydroxylation is 2. The van der Waals surface area contributed by atoms with Crippen LogP contribution in [0.1, 0.15) is 74.4 Å². The van der Waals surface area contributed by atoms with E-state index in [4.69, 9.17) is 5.10 Å². The molecule has 0 unspecified atom stereocenters. The van der Waals surface area contributed by atoms with Gasteiger partial charge in [0.15, 0.2) is 0 Å². The Bertz CT molecular complexity index is 1930. The molecule has 5 rings (SSSR count). The summed E-state index contributed by atoms with van der Waals surface area (Å²) in [5.41, 5.74) is 9.83. The standard InChI is InChI=1S/C41H49FN6/c1-8-13-36(32-20-31(21-34(42)22-32)14-12-17-48-15-10-11-16-48)37-24-40(45-30(37)7)41-38(39(9-2)46-47-41)19-28(5)33-23-35(26-43-25-33)44-29(6)18-27(3)4/h8-9,13,19-27,44-46H,1,5-6,10-12,14-18H2,2-4,7H3/b36-13-,38-19+,39-9+. The lowest BCUT2D eigenvalue weighted by Crippen LogP contribution is -2.23. The zero-order valence-electron chi connectivity index (χ0n) is 28.9. The molecule has 1 fully saturated rings. The lowest BCUT2D eigenvalue weighted by Gasteiger charge is -2.15. The number of aromatic nitrogens is 4. The summed E-state index contributed by atoms with van der Waals surface area (Å²) >= 11 is 0. The highest BCUT2D eigenvalue weighted by Gasteiger charge is 2.17. The van der Waals surface area contributed by atoms with Crippen molar-refractivity contribution in [2.75, 3.05) is 25.0 Å². The minimum Gasteiger partial charge on any atom is -0.358 e. The predicted octanol–water partition coefficient (Wildman–Crippen LogP) is 8.16. The van der Waals surface area contributed by atoms with E-state index in [1.165, 1.54) is 25.9 Å². The second kappa shape index (κ2) is 15.9. The molecule has 0 amide bonds. The SMILES string of the molecule is C=C/C=C(/c1cc(F)cc(CCCN2CCCC2)c1)c1cc(-c2n[nH]c(=C/C)/c2=C\C(=C)c2cncc(NC(=C)CC(C)C)c2)[nH]c1C. The van der Waals surface area contributed by atoms with E-state index in [9.17, 15) is 0 Å². The van der Waals surface area contributed by atoms with Gasteiger partial charge in [-0.2, -0.15) is 5.10 Å². The van der Waals surface area contributed by atoms with Gasteiger partial charge in [0.25, 0.3) is 0 Å². The summed E-state index contributed by atoms with van der Waals surface area (Å²) in [6.45, 7) is 24.3. The molecule has 4 aromatic rings. The molecule has 0 radical (unpaired) electrons. The largest absolute Gasteiger partial charge is 0.358 e. The van der Waals surface area contributed by atoms with Gasteiger partial charge in [-0.1, -0.05) is 57.9 Å². The van der Waals surface area contributed by atoms with E-state index in [1.807, 2.05) is 44.3 Å². The van der Waals surface area contributed by atoms with Crippen LogP contribution in [0.15, 0.2) is 80.3 Å². The Balaban J connectivity index is 1.44. The van der Waals surface area contributed by atoms with Crippen molar-refractivity contribution in [1.29, 1.82) is 0 Å². The Morgan fingerprint density at radius 1 is 1.08 bits per heavy atom. The van der Waals surface area contributed by atoms with Crippen molar-refractivity contribution in [2.24, 2.45) is 5.92 Å². The molecular formula is C41H49FN6. The number of anilines is 1. The fourth-order valence-electron chi connectivity index (χ4n) is 6.51. The molecule has 48 heavy (non-hydrogen) atoms. The zero-order chi connectivity index (χ0) is 34.2. The van der Waals surface area contributed by atoms with E-state index in [-0.39, 0.29) is 5.82 Å². The highest BCUT2D eigenvalue weighted by molar-refractivity contribution is 5.89. The minimum absolute atomic E-state index is 0.226. The number of hydrogen-bond donors (Lipinski definition) is 3. The van der Waals surface area contributed by atoms with Gasteiger partial charge in [-0.05, 0) is 124 Å². The summed E-state index contributed by atoms with van der Waals surface area (Å²) in [5, 5.41) is 13.1. The van der Waals surface area contributed by atoms with E-state index >= 15 is 4.39 Å². The molecule has 3 N–H and O–H groups in total. The average molecular weight is 645 g/mol. The first-order chi connectivity index (χ1) is 23.1.